The van der Waals surface area contributed by atoms with Gasteiger partial charge in [0.05, 0.1) is 5.41 Å². The zero-order chi connectivity index (χ0) is 15.3. The van der Waals surface area contributed by atoms with Crippen molar-refractivity contribution >= 4 is 5.97 Å². The van der Waals surface area contributed by atoms with Crippen LogP contribution in [-0.4, -0.2) is 26.2 Å². The first-order valence-corrected chi connectivity index (χ1v) is 7.03. The van der Waals surface area contributed by atoms with E-state index in [-0.39, 0.29) is 6.42 Å². The van der Waals surface area contributed by atoms with Gasteiger partial charge < -0.3 is 9.63 Å². The quantitative estimate of drug-likeness (QED) is 0.842. The van der Waals surface area contributed by atoms with Gasteiger partial charge in [0.25, 0.3) is 0 Å². The van der Waals surface area contributed by atoms with Gasteiger partial charge in [-0.25, -0.2) is 0 Å². The summed E-state index contributed by atoms with van der Waals surface area (Å²) in [6.45, 7) is 3.73. The van der Waals surface area contributed by atoms with Gasteiger partial charge in [0.1, 0.15) is 0 Å². The molecular formula is C15H19N3O3. The van der Waals surface area contributed by atoms with Crippen LogP contribution in [0.25, 0.3) is 0 Å². The molecule has 6 heteroatoms. The van der Waals surface area contributed by atoms with Crippen LogP contribution in [0.2, 0.25) is 0 Å². The van der Waals surface area contributed by atoms with Gasteiger partial charge in [0.15, 0.2) is 5.82 Å². The zero-order valence-electron chi connectivity index (χ0n) is 12.2. The summed E-state index contributed by atoms with van der Waals surface area (Å²) in [5.74, 6) is 0.101. The summed E-state index contributed by atoms with van der Waals surface area (Å²) in [4.78, 5) is 19.8. The summed E-state index contributed by atoms with van der Waals surface area (Å²) in [7, 11) is 0. The van der Waals surface area contributed by atoms with Gasteiger partial charge in [-0.15, -0.1) is 0 Å². The molecule has 112 valence electrons. The lowest BCUT2D eigenvalue weighted by atomic mass is 9.79. The number of nitrogens with zero attached hydrogens (tertiary/aromatic N) is 3. The molecule has 0 saturated carbocycles. The molecule has 0 bridgehead atoms. The topological polar surface area (TPSA) is 89.1 Å². The van der Waals surface area contributed by atoms with Crippen molar-refractivity contribution in [1.82, 2.24) is 15.1 Å². The predicted molar refractivity (Wildman–Crippen MR) is 75.7 cm³/mol. The average molecular weight is 289 g/mol. The summed E-state index contributed by atoms with van der Waals surface area (Å²) in [5.41, 5.74) is 0.151. The Labute approximate surface area is 123 Å². The van der Waals surface area contributed by atoms with Gasteiger partial charge in [0.2, 0.25) is 5.89 Å². The van der Waals surface area contributed by atoms with Crippen LogP contribution in [0.5, 0.6) is 0 Å². The van der Waals surface area contributed by atoms with Crippen molar-refractivity contribution in [2.24, 2.45) is 5.41 Å². The van der Waals surface area contributed by atoms with E-state index in [0.29, 0.717) is 31.0 Å². The second-order valence-electron chi connectivity index (χ2n) is 5.11. The first kappa shape index (κ1) is 15.2. The molecule has 2 rings (SSSR count). The number of hydrogen-bond donors (Lipinski definition) is 1. The maximum Gasteiger partial charge on any atom is 0.310 e. The molecule has 0 aliphatic rings. The van der Waals surface area contributed by atoms with E-state index in [1.807, 2.05) is 26.0 Å². The lowest BCUT2D eigenvalue weighted by Gasteiger charge is -2.24. The summed E-state index contributed by atoms with van der Waals surface area (Å²) in [6.07, 6.45) is 5.29. The molecule has 0 amide bonds. The lowest BCUT2D eigenvalue weighted by molar-refractivity contribution is -0.149. The number of pyridine rings is 1. The zero-order valence-corrected chi connectivity index (χ0v) is 12.2. The fourth-order valence-electron chi connectivity index (χ4n) is 2.29. The Hall–Kier alpha value is -2.24. The van der Waals surface area contributed by atoms with E-state index >= 15 is 0 Å². The molecule has 2 heterocycles. The minimum Gasteiger partial charge on any atom is -0.481 e. The smallest absolute Gasteiger partial charge is 0.310 e. The summed E-state index contributed by atoms with van der Waals surface area (Å²) in [5, 5.41) is 13.3. The molecule has 6 nitrogen and oxygen atoms in total. The molecule has 0 fully saturated rings. The lowest BCUT2D eigenvalue weighted by Crippen LogP contribution is -2.32. The molecule has 0 aliphatic heterocycles. The first-order chi connectivity index (χ1) is 10.1. The normalized spacial score (nSPS) is 11.5. The van der Waals surface area contributed by atoms with Gasteiger partial charge in [-0.2, -0.15) is 4.98 Å². The molecule has 2 aromatic rings. The minimum absolute atomic E-state index is 0.259. The van der Waals surface area contributed by atoms with Gasteiger partial charge in [-0.05, 0) is 24.5 Å². The van der Waals surface area contributed by atoms with Crippen LogP contribution in [0, 0.1) is 5.41 Å². The Morgan fingerprint density at radius 2 is 2.14 bits per heavy atom. The number of rotatable bonds is 7. The van der Waals surface area contributed by atoms with E-state index in [4.69, 9.17) is 4.52 Å². The molecule has 0 saturated heterocycles. The Morgan fingerprint density at radius 1 is 1.38 bits per heavy atom. The number of carboxylic acids is 1. The van der Waals surface area contributed by atoms with Gasteiger partial charge in [0, 0.05) is 25.2 Å². The van der Waals surface area contributed by atoms with Crippen LogP contribution in [0.15, 0.2) is 29.0 Å². The maximum absolute atomic E-state index is 11.5. The van der Waals surface area contributed by atoms with E-state index in [2.05, 4.69) is 15.1 Å². The van der Waals surface area contributed by atoms with E-state index < -0.39 is 11.4 Å². The second kappa shape index (κ2) is 6.47. The summed E-state index contributed by atoms with van der Waals surface area (Å²) in [6, 6.07) is 3.78. The molecule has 0 aliphatic carbocycles. The average Bonchev–Trinajstić information content (AvgIpc) is 2.92. The fourth-order valence-corrected chi connectivity index (χ4v) is 2.29. The van der Waals surface area contributed by atoms with Crippen molar-refractivity contribution in [3.63, 3.8) is 0 Å². The third kappa shape index (κ3) is 3.45. The predicted octanol–water partition coefficient (Wildman–Crippen LogP) is 2.49. The largest absolute Gasteiger partial charge is 0.481 e. The number of carbonyl (C=O) groups is 1. The molecule has 21 heavy (non-hydrogen) atoms. The van der Waals surface area contributed by atoms with Crippen molar-refractivity contribution in [3.8, 4) is 0 Å². The summed E-state index contributed by atoms with van der Waals surface area (Å²) >= 11 is 0. The van der Waals surface area contributed by atoms with Crippen molar-refractivity contribution in [2.45, 2.75) is 39.5 Å². The Kier molecular flexibility index (Phi) is 4.67. The van der Waals surface area contributed by atoms with Crippen LogP contribution >= 0.6 is 0 Å². The van der Waals surface area contributed by atoms with Gasteiger partial charge in [-0.1, -0.05) is 25.1 Å². The minimum atomic E-state index is -0.835. The molecule has 0 aromatic carbocycles. The van der Waals surface area contributed by atoms with Gasteiger partial charge >= 0.3 is 5.97 Å². The van der Waals surface area contributed by atoms with Crippen molar-refractivity contribution in [2.75, 3.05) is 0 Å². The SMILES string of the molecule is CCC(CC)(Cc1nc(Cc2cccnc2)no1)C(=O)O. The van der Waals surface area contributed by atoms with Crippen LogP contribution in [0.3, 0.4) is 0 Å². The van der Waals surface area contributed by atoms with E-state index in [1.165, 1.54) is 0 Å². The molecule has 0 unspecified atom stereocenters. The highest BCUT2D eigenvalue weighted by molar-refractivity contribution is 5.74. The molecule has 2 aromatic heterocycles. The maximum atomic E-state index is 11.5. The Morgan fingerprint density at radius 3 is 2.71 bits per heavy atom. The van der Waals surface area contributed by atoms with E-state index in [0.717, 1.165) is 5.56 Å². The van der Waals surface area contributed by atoms with Crippen LogP contribution in [0.1, 0.15) is 44.0 Å². The molecule has 1 N–H and O–H groups in total. The Bertz CT molecular complexity index is 591. The summed E-state index contributed by atoms with van der Waals surface area (Å²) < 4.78 is 5.20. The highest BCUT2D eigenvalue weighted by atomic mass is 16.5. The van der Waals surface area contributed by atoms with Crippen molar-refractivity contribution < 1.29 is 14.4 Å². The molecular weight excluding hydrogens is 270 g/mol. The van der Waals surface area contributed by atoms with Crippen LogP contribution in [0.4, 0.5) is 0 Å². The number of hydrogen-bond acceptors (Lipinski definition) is 5. The highest BCUT2D eigenvalue weighted by Gasteiger charge is 2.37. The molecule has 0 spiro atoms. The van der Waals surface area contributed by atoms with E-state index in [9.17, 15) is 9.90 Å². The van der Waals surface area contributed by atoms with Crippen LogP contribution in [-0.2, 0) is 17.6 Å². The van der Waals surface area contributed by atoms with Gasteiger partial charge in [-0.3, -0.25) is 9.78 Å². The molecule has 0 atom stereocenters. The van der Waals surface area contributed by atoms with Crippen molar-refractivity contribution in [1.29, 1.82) is 0 Å². The van der Waals surface area contributed by atoms with E-state index in [1.54, 1.807) is 12.4 Å². The molecule has 0 radical (unpaired) electrons. The third-order valence-electron chi connectivity index (χ3n) is 3.89. The monoisotopic (exact) mass is 289 g/mol. The highest BCUT2D eigenvalue weighted by Crippen LogP contribution is 2.30. The number of aliphatic carboxylic acids is 1. The Balaban J connectivity index is 2.11. The number of aromatic nitrogens is 3. The number of carboxylic acid groups (broad SMARTS) is 1. The standard InChI is InChI=1S/C15H19N3O3/c1-3-15(4-2,14(19)20)9-13-17-12(18-21-13)8-11-6-5-7-16-10-11/h5-7,10H,3-4,8-9H2,1-2H3,(H,19,20). The van der Waals surface area contributed by atoms with Crippen LogP contribution < -0.4 is 0 Å². The van der Waals surface area contributed by atoms with Crippen molar-refractivity contribution in [3.05, 3.63) is 41.8 Å². The third-order valence-corrected chi connectivity index (χ3v) is 3.89. The fraction of sp³-hybridized carbons (Fsp3) is 0.467. The first-order valence-electron chi connectivity index (χ1n) is 7.03. The second-order valence-corrected chi connectivity index (χ2v) is 5.11.